The molecule has 0 fully saturated rings. The molecule has 98 valence electrons. The Kier molecular flexibility index (Phi) is 4.71. The van der Waals surface area contributed by atoms with Crippen LogP contribution in [0.3, 0.4) is 0 Å². The van der Waals surface area contributed by atoms with Crippen molar-refractivity contribution < 1.29 is 24.2 Å². The molecule has 0 radical (unpaired) electrons. The molecule has 1 aromatic rings. The summed E-state index contributed by atoms with van der Waals surface area (Å²) in [5, 5.41) is 9.95. The number of aromatic hydroxyl groups is 1. The third-order valence-corrected chi connectivity index (χ3v) is 2.55. The Bertz CT molecular complexity index is 465. The molecule has 0 aromatic heterocycles. The zero-order chi connectivity index (χ0) is 13.7. The summed E-state index contributed by atoms with van der Waals surface area (Å²) in [5.41, 5.74) is 0.923. The Balaban J connectivity index is 3.36. The first-order valence-corrected chi connectivity index (χ1v) is 5.67. The van der Waals surface area contributed by atoms with Gasteiger partial charge in [-0.3, -0.25) is 9.59 Å². The molecular weight excluding hydrogens is 236 g/mol. The highest BCUT2D eigenvalue weighted by Crippen LogP contribution is 2.41. The van der Waals surface area contributed by atoms with Gasteiger partial charge < -0.3 is 14.6 Å². The fourth-order valence-electron chi connectivity index (χ4n) is 1.64. The van der Waals surface area contributed by atoms with E-state index in [1.807, 2.05) is 6.92 Å². The topological polar surface area (TPSA) is 72.8 Å². The second-order valence-electron chi connectivity index (χ2n) is 3.62. The van der Waals surface area contributed by atoms with Crippen LogP contribution < -0.4 is 9.47 Å². The molecule has 1 N–H and O–H groups in total. The monoisotopic (exact) mass is 252 g/mol. The van der Waals surface area contributed by atoms with Gasteiger partial charge in [0.05, 0.1) is 7.11 Å². The lowest BCUT2D eigenvalue weighted by molar-refractivity contribution is -0.134. The molecule has 0 spiro atoms. The van der Waals surface area contributed by atoms with E-state index in [1.165, 1.54) is 13.2 Å². The normalized spacial score (nSPS) is 9.94. The fourth-order valence-corrected chi connectivity index (χ4v) is 1.64. The number of carbonyl (C=O) groups is 2. The number of ether oxygens (including phenoxy) is 2. The lowest BCUT2D eigenvalue weighted by atomic mass is 10.0. The molecule has 0 saturated heterocycles. The number of hydrogen-bond acceptors (Lipinski definition) is 5. The predicted octanol–water partition coefficient (Wildman–Crippen LogP) is 2.09. The van der Waals surface area contributed by atoms with Gasteiger partial charge in [-0.2, -0.15) is 0 Å². The zero-order valence-electron chi connectivity index (χ0n) is 10.6. The average molecular weight is 252 g/mol. The molecule has 0 aliphatic carbocycles. The van der Waals surface area contributed by atoms with Gasteiger partial charge in [0.1, 0.15) is 0 Å². The first kappa shape index (κ1) is 14.0. The Morgan fingerprint density at radius 2 is 2.11 bits per heavy atom. The van der Waals surface area contributed by atoms with E-state index in [4.69, 9.17) is 9.47 Å². The summed E-state index contributed by atoms with van der Waals surface area (Å²) >= 11 is 0. The molecule has 0 heterocycles. The summed E-state index contributed by atoms with van der Waals surface area (Å²) in [6.45, 7) is 3.47. The van der Waals surface area contributed by atoms with Crippen molar-refractivity contribution in [2.75, 3.05) is 7.11 Å². The summed E-state index contributed by atoms with van der Waals surface area (Å²) in [6.07, 6.45) is 1.34. The first-order valence-electron chi connectivity index (χ1n) is 5.67. The highest BCUT2D eigenvalue weighted by Gasteiger charge is 2.19. The Labute approximate surface area is 105 Å². The van der Waals surface area contributed by atoms with Gasteiger partial charge in [-0.1, -0.05) is 13.8 Å². The molecule has 0 atom stereocenters. The smallest absolute Gasteiger partial charge is 0.311 e. The standard InChI is InChI=1S/C13H16O5/c1-4-9-8(7-14)6-10(18-11(15)5-2)12(16)13(9)17-3/h6-7,16H,4-5H2,1-3H3. The number of carbonyl (C=O) groups excluding carboxylic acids is 2. The van der Waals surface area contributed by atoms with Crippen LogP contribution in [0.4, 0.5) is 0 Å². The third kappa shape index (κ3) is 2.61. The molecule has 5 nitrogen and oxygen atoms in total. The number of methoxy groups -OCH3 is 1. The molecule has 18 heavy (non-hydrogen) atoms. The van der Waals surface area contributed by atoms with Crippen LogP contribution in [0.2, 0.25) is 0 Å². The van der Waals surface area contributed by atoms with Gasteiger partial charge in [0.2, 0.25) is 5.75 Å². The quantitative estimate of drug-likeness (QED) is 0.493. The van der Waals surface area contributed by atoms with Crippen molar-refractivity contribution in [3.8, 4) is 17.2 Å². The lowest BCUT2D eigenvalue weighted by Crippen LogP contribution is -2.07. The Hall–Kier alpha value is -2.04. The van der Waals surface area contributed by atoms with Crippen molar-refractivity contribution in [1.29, 1.82) is 0 Å². The van der Waals surface area contributed by atoms with Crippen LogP contribution in [0.1, 0.15) is 36.2 Å². The van der Waals surface area contributed by atoms with Crippen LogP contribution in [0.5, 0.6) is 17.2 Å². The minimum Gasteiger partial charge on any atom is -0.502 e. The Morgan fingerprint density at radius 3 is 2.56 bits per heavy atom. The molecule has 1 rings (SSSR count). The van der Waals surface area contributed by atoms with Gasteiger partial charge in [-0.25, -0.2) is 0 Å². The van der Waals surface area contributed by atoms with Gasteiger partial charge in [0.25, 0.3) is 0 Å². The zero-order valence-corrected chi connectivity index (χ0v) is 10.6. The molecule has 0 unspecified atom stereocenters. The van der Waals surface area contributed by atoms with Gasteiger partial charge in [-0.15, -0.1) is 0 Å². The Morgan fingerprint density at radius 1 is 1.44 bits per heavy atom. The van der Waals surface area contributed by atoms with Crippen molar-refractivity contribution in [1.82, 2.24) is 0 Å². The summed E-state index contributed by atoms with van der Waals surface area (Å²) < 4.78 is 10.0. The molecule has 5 heteroatoms. The number of rotatable bonds is 5. The first-order chi connectivity index (χ1) is 8.58. The van der Waals surface area contributed by atoms with E-state index in [0.29, 0.717) is 23.8 Å². The summed E-state index contributed by atoms with van der Waals surface area (Å²) in [5.74, 6) is -0.644. The highest BCUT2D eigenvalue weighted by molar-refractivity contribution is 5.83. The molecule has 0 aliphatic rings. The van der Waals surface area contributed by atoms with Crippen LogP contribution in [0, 0.1) is 0 Å². The number of hydrogen-bond donors (Lipinski definition) is 1. The van der Waals surface area contributed by atoms with Crippen LogP contribution in [0.25, 0.3) is 0 Å². The van der Waals surface area contributed by atoms with Crippen molar-refractivity contribution in [2.45, 2.75) is 26.7 Å². The maximum absolute atomic E-state index is 11.2. The number of benzene rings is 1. The van der Waals surface area contributed by atoms with Crippen LogP contribution in [-0.4, -0.2) is 24.5 Å². The average Bonchev–Trinajstić information content (AvgIpc) is 2.39. The van der Waals surface area contributed by atoms with Gasteiger partial charge >= 0.3 is 5.97 Å². The highest BCUT2D eigenvalue weighted by atomic mass is 16.5. The number of phenolic OH excluding ortho intramolecular Hbond substituents is 1. The summed E-state index contributed by atoms with van der Waals surface area (Å²) in [4.78, 5) is 22.2. The maximum atomic E-state index is 11.2. The number of phenols is 1. The van der Waals surface area contributed by atoms with E-state index in [0.717, 1.165) is 0 Å². The van der Waals surface area contributed by atoms with Crippen LogP contribution in [-0.2, 0) is 11.2 Å². The molecule has 0 aliphatic heterocycles. The third-order valence-electron chi connectivity index (χ3n) is 2.55. The van der Waals surface area contributed by atoms with Crippen molar-refractivity contribution >= 4 is 12.3 Å². The summed E-state index contributed by atoms with van der Waals surface area (Å²) in [7, 11) is 1.38. The minimum atomic E-state index is -0.492. The SMILES string of the molecule is CCC(=O)Oc1cc(C=O)c(CC)c(OC)c1O. The summed E-state index contributed by atoms with van der Waals surface area (Å²) in [6, 6.07) is 1.34. The van der Waals surface area contributed by atoms with E-state index in [1.54, 1.807) is 6.92 Å². The second kappa shape index (κ2) is 6.05. The van der Waals surface area contributed by atoms with Crippen molar-refractivity contribution in [3.63, 3.8) is 0 Å². The van der Waals surface area contributed by atoms with Gasteiger partial charge in [-0.05, 0) is 12.5 Å². The van der Waals surface area contributed by atoms with E-state index >= 15 is 0 Å². The van der Waals surface area contributed by atoms with E-state index in [9.17, 15) is 14.7 Å². The fraction of sp³-hybridized carbons (Fsp3) is 0.385. The van der Waals surface area contributed by atoms with Gasteiger partial charge in [0.15, 0.2) is 17.8 Å². The van der Waals surface area contributed by atoms with Gasteiger partial charge in [0, 0.05) is 17.5 Å². The van der Waals surface area contributed by atoms with Crippen molar-refractivity contribution in [3.05, 3.63) is 17.2 Å². The second-order valence-corrected chi connectivity index (χ2v) is 3.62. The van der Waals surface area contributed by atoms with Crippen LogP contribution >= 0.6 is 0 Å². The van der Waals surface area contributed by atoms with E-state index in [2.05, 4.69) is 0 Å². The largest absolute Gasteiger partial charge is 0.502 e. The number of esters is 1. The molecule has 0 bridgehead atoms. The molecular formula is C13H16O5. The van der Waals surface area contributed by atoms with E-state index in [-0.39, 0.29) is 23.7 Å². The molecule has 0 saturated carbocycles. The minimum absolute atomic E-state index is 0.0574. The lowest BCUT2D eigenvalue weighted by Gasteiger charge is -2.14. The number of aldehydes is 1. The molecule has 0 amide bonds. The predicted molar refractivity (Wildman–Crippen MR) is 65.4 cm³/mol. The molecule has 1 aromatic carbocycles. The maximum Gasteiger partial charge on any atom is 0.311 e. The van der Waals surface area contributed by atoms with Crippen molar-refractivity contribution in [2.24, 2.45) is 0 Å². The van der Waals surface area contributed by atoms with E-state index < -0.39 is 5.97 Å². The van der Waals surface area contributed by atoms with Crippen LogP contribution in [0.15, 0.2) is 6.07 Å².